The standard InChI is InChI=1S/C23H22ClN3O3S/c1-14-15(6-5-7-16(14)24)18-9-10-19(30-18)22-21(17-8-3-4-12-25-17)26-23(31)27(22)13-11-20(28)29-2/h3-10,12,21-22H,11,13H2,1-2H3,(H,26,31)/t21-,22-/m1/s1. The number of halogens is 1. The Hall–Kier alpha value is -2.90. The number of esters is 1. The molecule has 4 rings (SSSR count). The van der Waals surface area contributed by atoms with Crippen molar-refractivity contribution in [3.8, 4) is 11.3 Å². The molecular weight excluding hydrogens is 434 g/mol. The van der Waals surface area contributed by atoms with Gasteiger partial charge >= 0.3 is 5.97 Å². The van der Waals surface area contributed by atoms with Crippen molar-refractivity contribution >= 4 is 34.9 Å². The molecule has 0 bridgehead atoms. The molecule has 3 heterocycles. The van der Waals surface area contributed by atoms with E-state index in [4.69, 9.17) is 33.0 Å². The fourth-order valence-corrected chi connectivity index (χ4v) is 4.31. The quantitative estimate of drug-likeness (QED) is 0.421. The lowest BCUT2D eigenvalue weighted by Gasteiger charge is -2.25. The SMILES string of the molecule is COC(=O)CCN1C(=S)N[C@H](c2ccccn2)[C@H]1c1ccc(-c2cccc(Cl)c2C)o1. The lowest BCUT2D eigenvalue weighted by molar-refractivity contribution is -0.140. The molecule has 0 spiro atoms. The van der Waals surface area contributed by atoms with Crippen LogP contribution in [0.25, 0.3) is 11.3 Å². The van der Waals surface area contributed by atoms with Gasteiger partial charge in [-0.15, -0.1) is 0 Å². The third kappa shape index (κ3) is 4.29. The first-order chi connectivity index (χ1) is 15.0. The van der Waals surface area contributed by atoms with Crippen LogP contribution in [0.4, 0.5) is 0 Å². The second-order valence-corrected chi connectivity index (χ2v) is 8.05. The number of rotatable bonds is 6. The van der Waals surface area contributed by atoms with Gasteiger partial charge in [0.2, 0.25) is 0 Å². The topological polar surface area (TPSA) is 67.6 Å². The zero-order valence-electron chi connectivity index (χ0n) is 17.2. The van der Waals surface area contributed by atoms with E-state index in [0.29, 0.717) is 16.7 Å². The summed E-state index contributed by atoms with van der Waals surface area (Å²) in [4.78, 5) is 18.2. The fraction of sp³-hybridized carbons (Fsp3) is 0.261. The van der Waals surface area contributed by atoms with Crippen molar-refractivity contribution in [1.82, 2.24) is 15.2 Å². The minimum atomic E-state index is -0.294. The Kier molecular flexibility index (Phi) is 6.25. The first-order valence-electron chi connectivity index (χ1n) is 9.89. The van der Waals surface area contributed by atoms with Gasteiger partial charge in [-0.05, 0) is 55.0 Å². The van der Waals surface area contributed by atoms with E-state index in [1.54, 1.807) is 6.20 Å². The Bertz CT molecular complexity index is 1100. The van der Waals surface area contributed by atoms with E-state index < -0.39 is 0 Å². The van der Waals surface area contributed by atoms with E-state index >= 15 is 0 Å². The number of ether oxygens (including phenoxy) is 1. The molecule has 8 heteroatoms. The van der Waals surface area contributed by atoms with E-state index in [-0.39, 0.29) is 24.5 Å². The van der Waals surface area contributed by atoms with Crippen LogP contribution in [0.1, 0.15) is 35.5 Å². The first kappa shape index (κ1) is 21.3. The molecule has 0 unspecified atom stereocenters. The molecule has 1 fully saturated rings. The number of aromatic nitrogens is 1. The summed E-state index contributed by atoms with van der Waals surface area (Å²) in [5, 5.41) is 4.57. The van der Waals surface area contributed by atoms with Crippen molar-refractivity contribution in [3.05, 3.63) is 76.8 Å². The van der Waals surface area contributed by atoms with Crippen molar-refractivity contribution in [3.63, 3.8) is 0 Å². The van der Waals surface area contributed by atoms with Gasteiger partial charge in [-0.2, -0.15) is 0 Å². The second-order valence-electron chi connectivity index (χ2n) is 7.26. The van der Waals surface area contributed by atoms with Crippen LogP contribution in [0.3, 0.4) is 0 Å². The molecule has 1 aromatic carbocycles. The number of benzene rings is 1. The Balaban J connectivity index is 1.71. The molecule has 0 radical (unpaired) electrons. The molecule has 1 saturated heterocycles. The van der Waals surface area contributed by atoms with Crippen LogP contribution in [0, 0.1) is 6.92 Å². The number of hydrogen-bond acceptors (Lipinski definition) is 5. The minimum Gasteiger partial charge on any atom is -0.469 e. The molecular formula is C23H22ClN3O3S. The first-order valence-corrected chi connectivity index (χ1v) is 10.7. The number of methoxy groups -OCH3 is 1. The van der Waals surface area contributed by atoms with Crippen LogP contribution in [0.15, 0.2) is 59.1 Å². The number of furan rings is 1. The summed E-state index contributed by atoms with van der Waals surface area (Å²) >= 11 is 11.9. The van der Waals surface area contributed by atoms with E-state index in [9.17, 15) is 4.79 Å². The number of carbonyl (C=O) groups excluding carboxylic acids is 1. The summed E-state index contributed by atoms with van der Waals surface area (Å²) in [5.74, 6) is 1.15. The number of nitrogens with one attached hydrogen (secondary N) is 1. The zero-order chi connectivity index (χ0) is 22.0. The summed E-state index contributed by atoms with van der Waals surface area (Å²) < 4.78 is 11.1. The number of pyridine rings is 1. The summed E-state index contributed by atoms with van der Waals surface area (Å²) in [6, 6.07) is 14.9. The summed E-state index contributed by atoms with van der Waals surface area (Å²) in [6.07, 6.45) is 1.96. The van der Waals surface area contributed by atoms with Gasteiger partial charge in [0, 0.05) is 23.3 Å². The third-order valence-electron chi connectivity index (χ3n) is 5.43. The largest absolute Gasteiger partial charge is 0.469 e. The molecule has 160 valence electrons. The molecule has 0 aliphatic carbocycles. The number of nitrogens with zero attached hydrogens (tertiary/aromatic N) is 2. The predicted octanol–water partition coefficient (Wildman–Crippen LogP) is 4.84. The monoisotopic (exact) mass is 455 g/mol. The number of thiocarbonyl (C=S) groups is 1. The zero-order valence-corrected chi connectivity index (χ0v) is 18.7. The third-order valence-corrected chi connectivity index (χ3v) is 6.20. The highest BCUT2D eigenvalue weighted by Crippen LogP contribution is 2.41. The number of carbonyl (C=O) groups is 1. The maximum absolute atomic E-state index is 11.8. The van der Waals surface area contributed by atoms with Gasteiger partial charge in [-0.1, -0.05) is 29.8 Å². The van der Waals surface area contributed by atoms with Crippen LogP contribution in [-0.2, 0) is 9.53 Å². The molecule has 0 amide bonds. The molecule has 6 nitrogen and oxygen atoms in total. The average molecular weight is 456 g/mol. The maximum atomic E-state index is 11.8. The van der Waals surface area contributed by atoms with Gasteiger partial charge in [0.05, 0.1) is 25.3 Å². The highest BCUT2D eigenvalue weighted by Gasteiger charge is 2.41. The van der Waals surface area contributed by atoms with Crippen molar-refractivity contribution in [2.24, 2.45) is 0 Å². The molecule has 0 saturated carbocycles. The van der Waals surface area contributed by atoms with E-state index in [2.05, 4.69) is 10.3 Å². The Morgan fingerprint density at radius 3 is 2.84 bits per heavy atom. The van der Waals surface area contributed by atoms with E-state index in [1.807, 2.05) is 60.4 Å². The molecule has 1 aliphatic heterocycles. The Labute approximate surface area is 191 Å². The predicted molar refractivity (Wildman–Crippen MR) is 123 cm³/mol. The average Bonchev–Trinajstić information content (AvgIpc) is 3.39. The van der Waals surface area contributed by atoms with Crippen LogP contribution < -0.4 is 5.32 Å². The molecule has 3 aromatic rings. The highest BCUT2D eigenvalue weighted by molar-refractivity contribution is 7.80. The minimum absolute atomic E-state index is 0.213. The molecule has 1 N–H and O–H groups in total. The van der Waals surface area contributed by atoms with Crippen molar-refractivity contribution < 1.29 is 13.9 Å². The lowest BCUT2D eigenvalue weighted by atomic mass is 10.0. The van der Waals surface area contributed by atoms with Crippen molar-refractivity contribution in [1.29, 1.82) is 0 Å². The van der Waals surface area contributed by atoms with Crippen LogP contribution in [0.2, 0.25) is 5.02 Å². The smallest absolute Gasteiger partial charge is 0.307 e. The molecule has 1 aliphatic rings. The lowest BCUT2D eigenvalue weighted by Crippen LogP contribution is -2.31. The van der Waals surface area contributed by atoms with Crippen LogP contribution in [-0.4, -0.2) is 34.6 Å². The van der Waals surface area contributed by atoms with Gasteiger partial charge in [-0.25, -0.2) is 0 Å². The van der Waals surface area contributed by atoms with Gasteiger partial charge < -0.3 is 19.4 Å². The van der Waals surface area contributed by atoms with Gasteiger partial charge in [0.1, 0.15) is 17.6 Å². The van der Waals surface area contributed by atoms with Crippen molar-refractivity contribution in [2.75, 3.05) is 13.7 Å². The number of hydrogen-bond donors (Lipinski definition) is 1. The van der Waals surface area contributed by atoms with Crippen LogP contribution in [0.5, 0.6) is 0 Å². The van der Waals surface area contributed by atoms with E-state index in [0.717, 1.165) is 28.3 Å². The van der Waals surface area contributed by atoms with E-state index in [1.165, 1.54) is 7.11 Å². The van der Waals surface area contributed by atoms with Gasteiger partial charge in [-0.3, -0.25) is 9.78 Å². The Morgan fingerprint density at radius 1 is 1.26 bits per heavy atom. The normalized spacial score (nSPS) is 18.2. The maximum Gasteiger partial charge on any atom is 0.307 e. The summed E-state index contributed by atoms with van der Waals surface area (Å²) in [6.45, 7) is 2.37. The van der Waals surface area contributed by atoms with Gasteiger partial charge in [0.15, 0.2) is 5.11 Å². The van der Waals surface area contributed by atoms with Gasteiger partial charge in [0.25, 0.3) is 0 Å². The van der Waals surface area contributed by atoms with Crippen LogP contribution >= 0.6 is 23.8 Å². The summed E-state index contributed by atoms with van der Waals surface area (Å²) in [5.41, 5.74) is 2.73. The Morgan fingerprint density at radius 2 is 2.10 bits per heavy atom. The summed E-state index contributed by atoms with van der Waals surface area (Å²) in [7, 11) is 1.38. The fourth-order valence-electron chi connectivity index (χ4n) is 3.80. The van der Waals surface area contributed by atoms with Crippen molar-refractivity contribution in [2.45, 2.75) is 25.4 Å². The molecule has 31 heavy (non-hydrogen) atoms. The second kappa shape index (κ2) is 9.08. The highest BCUT2D eigenvalue weighted by atomic mass is 35.5. The molecule has 2 aromatic heterocycles. The molecule has 2 atom stereocenters.